The third kappa shape index (κ3) is 5.94. The van der Waals surface area contributed by atoms with E-state index in [0.29, 0.717) is 40.8 Å². The molecule has 0 bridgehead atoms. The number of carbonyl (C=O) groups is 1. The number of aryl methyl sites for hydroxylation is 1. The molecule has 1 atom stereocenters. The number of carbonyl (C=O) groups excluding carboxylic acids is 1. The van der Waals surface area contributed by atoms with Crippen molar-refractivity contribution in [2.24, 2.45) is 0 Å². The molecule has 0 aliphatic carbocycles. The van der Waals surface area contributed by atoms with Crippen molar-refractivity contribution in [3.05, 3.63) is 79.0 Å². The Labute approximate surface area is 236 Å². The molecular formula is C30H30N8O3. The molecule has 1 amide bonds. The van der Waals surface area contributed by atoms with E-state index in [9.17, 15) is 4.79 Å². The molecule has 1 aliphatic heterocycles. The van der Waals surface area contributed by atoms with Gasteiger partial charge in [0.25, 0.3) is 0 Å². The monoisotopic (exact) mass is 550 g/mol. The molecule has 1 fully saturated rings. The van der Waals surface area contributed by atoms with Gasteiger partial charge in [0, 0.05) is 41.5 Å². The third-order valence-corrected chi connectivity index (χ3v) is 6.79. The molecule has 3 N–H and O–H groups in total. The average Bonchev–Trinajstić information content (AvgIpc) is 3.66. The molecule has 1 aliphatic rings. The van der Waals surface area contributed by atoms with Crippen LogP contribution in [-0.4, -0.2) is 49.7 Å². The quantitative estimate of drug-likeness (QED) is 0.213. The van der Waals surface area contributed by atoms with Crippen LogP contribution in [-0.2, 0) is 4.79 Å². The number of fused-ring (bicyclic) bond motifs is 2. The molecule has 41 heavy (non-hydrogen) atoms. The smallest absolute Gasteiger partial charge is 0.248 e. The van der Waals surface area contributed by atoms with Crippen molar-refractivity contribution in [1.29, 1.82) is 0 Å². The van der Waals surface area contributed by atoms with E-state index >= 15 is 0 Å². The minimum absolute atomic E-state index is 0.222. The highest BCUT2D eigenvalue weighted by Gasteiger charge is 2.15. The number of anilines is 3. The van der Waals surface area contributed by atoms with Crippen LogP contribution < -0.4 is 25.4 Å². The molecule has 3 aromatic heterocycles. The summed E-state index contributed by atoms with van der Waals surface area (Å²) in [5.41, 5.74) is 3.71. The van der Waals surface area contributed by atoms with Gasteiger partial charge in [0.15, 0.2) is 5.65 Å². The minimum atomic E-state index is -0.222. The summed E-state index contributed by atoms with van der Waals surface area (Å²) in [6, 6.07) is 13.4. The molecule has 2 aromatic carbocycles. The largest absolute Gasteiger partial charge is 0.492 e. The Morgan fingerprint density at radius 3 is 2.88 bits per heavy atom. The number of pyridine rings is 1. The molecule has 0 spiro atoms. The number of aromatic nitrogens is 5. The number of hydrogen-bond donors (Lipinski definition) is 3. The van der Waals surface area contributed by atoms with Gasteiger partial charge in [-0.15, -0.1) is 0 Å². The van der Waals surface area contributed by atoms with Crippen LogP contribution in [0.3, 0.4) is 0 Å². The van der Waals surface area contributed by atoms with Crippen molar-refractivity contribution >= 4 is 39.6 Å². The summed E-state index contributed by atoms with van der Waals surface area (Å²) in [6.07, 6.45) is 10.4. The number of benzene rings is 2. The maximum atomic E-state index is 12.7. The van der Waals surface area contributed by atoms with E-state index in [1.807, 2.05) is 62.4 Å². The van der Waals surface area contributed by atoms with Gasteiger partial charge in [-0.05, 0) is 69.1 Å². The first-order valence-electron chi connectivity index (χ1n) is 13.5. The van der Waals surface area contributed by atoms with Crippen molar-refractivity contribution < 1.29 is 14.3 Å². The third-order valence-electron chi connectivity index (χ3n) is 6.79. The maximum Gasteiger partial charge on any atom is 0.248 e. The van der Waals surface area contributed by atoms with Crippen LogP contribution in [0.15, 0.2) is 73.5 Å². The standard InChI is InChI=1S/C30H30N8O3/c1-3-40-27-16-24-23(15-25(27)37-29(39)9-7-20-5-4-11-31-20)30(34-17-32-24)36-21-6-8-26(19(2)13-21)41-22-10-12-38-28(14-22)33-18-35-38/h6-10,12-18,20,31H,3-5,11H2,1-2H3,(H,37,39)(H,32,34,36)/b9-7+/t20-/m1/s1. The van der Waals surface area contributed by atoms with E-state index in [4.69, 9.17) is 9.47 Å². The summed E-state index contributed by atoms with van der Waals surface area (Å²) in [5.74, 6) is 2.32. The number of nitrogens with one attached hydrogen (secondary N) is 3. The number of amides is 1. The van der Waals surface area contributed by atoms with Gasteiger partial charge in [0.1, 0.15) is 35.7 Å². The Morgan fingerprint density at radius 2 is 2.05 bits per heavy atom. The van der Waals surface area contributed by atoms with Gasteiger partial charge >= 0.3 is 0 Å². The molecule has 1 saturated heterocycles. The van der Waals surface area contributed by atoms with E-state index in [-0.39, 0.29) is 11.9 Å². The first kappa shape index (κ1) is 26.2. The van der Waals surface area contributed by atoms with Crippen molar-refractivity contribution in [2.45, 2.75) is 32.7 Å². The van der Waals surface area contributed by atoms with Gasteiger partial charge in [-0.2, -0.15) is 5.10 Å². The van der Waals surface area contributed by atoms with E-state index in [1.165, 1.54) is 12.7 Å². The van der Waals surface area contributed by atoms with Gasteiger partial charge in [0.2, 0.25) is 5.91 Å². The van der Waals surface area contributed by atoms with E-state index in [1.54, 1.807) is 16.8 Å². The van der Waals surface area contributed by atoms with Crippen LogP contribution in [0, 0.1) is 6.92 Å². The summed E-state index contributed by atoms with van der Waals surface area (Å²) in [7, 11) is 0. The highest BCUT2D eigenvalue weighted by atomic mass is 16.5. The van der Waals surface area contributed by atoms with Crippen molar-refractivity contribution in [3.63, 3.8) is 0 Å². The molecule has 4 heterocycles. The molecule has 0 unspecified atom stereocenters. The second-order valence-electron chi connectivity index (χ2n) is 9.70. The molecule has 0 saturated carbocycles. The zero-order valence-corrected chi connectivity index (χ0v) is 22.8. The first-order chi connectivity index (χ1) is 20.1. The number of rotatable bonds is 9. The Bertz CT molecular complexity index is 1740. The zero-order chi connectivity index (χ0) is 28.2. The van der Waals surface area contributed by atoms with Crippen molar-refractivity contribution in [3.8, 4) is 17.2 Å². The van der Waals surface area contributed by atoms with Crippen LogP contribution in [0.2, 0.25) is 0 Å². The summed E-state index contributed by atoms with van der Waals surface area (Å²) < 4.78 is 13.6. The average molecular weight is 551 g/mol. The summed E-state index contributed by atoms with van der Waals surface area (Å²) in [6.45, 7) is 5.30. The van der Waals surface area contributed by atoms with Crippen molar-refractivity contribution in [2.75, 3.05) is 23.8 Å². The van der Waals surface area contributed by atoms with E-state index in [0.717, 1.165) is 41.8 Å². The SMILES string of the molecule is CCOc1cc2ncnc(Nc3ccc(Oc4ccn5ncnc5c4)c(C)c3)c2cc1NC(=O)/C=C/[C@H]1CCCN1. The first-order valence-corrected chi connectivity index (χ1v) is 13.5. The predicted molar refractivity (Wildman–Crippen MR) is 157 cm³/mol. The molecule has 11 nitrogen and oxygen atoms in total. The molecule has 208 valence electrons. The van der Waals surface area contributed by atoms with E-state index in [2.05, 4.69) is 36.0 Å². The number of ether oxygens (including phenoxy) is 2. The lowest BCUT2D eigenvalue weighted by Crippen LogP contribution is -2.19. The maximum absolute atomic E-state index is 12.7. The van der Waals surface area contributed by atoms with Crippen LogP contribution >= 0.6 is 0 Å². The van der Waals surface area contributed by atoms with Gasteiger partial charge in [-0.1, -0.05) is 6.08 Å². The lowest BCUT2D eigenvalue weighted by atomic mass is 10.1. The Morgan fingerprint density at radius 1 is 1.12 bits per heavy atom. The molecule has 0 radical (unpaired) electrons. The molecule has 6 rings (SSSR count). The molecule has 11 heteroatoms. The number of nitrogens with zero attached hydrogens (tertiary/aromatic N) is 5. The summed E-state index contributed by atoms with van der Waals surface area (Å²) in [4.78, 5) is 25.9. The summed E-state index contributed by atoms with van der Waals surface area (Å²) >= 11 is 0. The van der Waals surface area contributed by atoms with E-state index < -0.39 is 0 Å². The lowest BCUT2D eigenvalue weighted by Gasteiger charge is -2.15. The second kappa shape index (κ2) is 11.6. The predicted octanol–water partition coefficient (Wildman–Crippen LogP) is 5.16. The highest BCUT2D eigenvalue weighted by molar-refractivity contribution is 6.03. The van der Waals surface area contributed by atoms with Crippen LogP contribution in [0.4, 0.5) is 17.2 Å². The normalized spacial score (nSPS) is 15.0. The lowest BCUT2D eigenvalue weighted by molar-refractivity contribution is -0.111. The molecule has 5 aromatic rings. The fourth-order valence-electron chi connectivity index (χ4n) is 4.78. The Hall–Kier alpha value is -5.03. The Balaban J connectivity index is 1.23. The zero-order valence-electron chi connectivity index (χ0n) is 22.8. The fourth-order valence-corrected chi connectivity index (χ4v) is 4.78. The van der Waals surface area contributed by atoms with Crippen molar-refractivity contribution in [1.82, 2.24) is 29.9 Å². The van der Waals surface area contributed by atoms with Gasteiger partial charge in [-0.25, -0.2) is 19.5 Å². The van der Waals surface area contributed by atoms with Gasteiger partial charge in [-0.3, -0.25) is 4.79 Å². The van der Waals surface area contributed by atoms with Gasteiger partial charge < -0.3 is 25.4 Å². The van der Waals surface area contributed by atoms with Gasteiger partial charge in [0.05, 0.1) is 17.8 Å². The topological polar surface area (TPSA) is 128 Å². The highest BCUT2D eigenvalue weighted by Crippen LogP contribution is 2.34. The summed E-state index contributed by atoms with van der Waals surface area (Å²) in [5, 5.41) is 14.6. The Kier molecular flexibility index (Phi) is 7.42. The van der Waals surface area contributed by atoms with Crippen LogP contribution in [0.25, 0.3) is 16.6 Å². The minimum Gasteiger partial charge on any atom is -0.492 e. The molecular weight excluding hydrogens is 520 g/mol. The fraction of sp³-hybridized carbons (Fsp3) is 0.233. The van der Waals surface area contributed by atoms with Crippen LogP contribution in [0.5, 0.6) is 17.2 Å². The second-order valence-corrected chi connectivity index (χ2v) is 9.70. The number of hydrogen-bond acceptors (Lipinski definition) is 9. The van der Waals surface area contributed by atoms with Crippen LogP contribution in [0.1, 0.15) is 25.3 Å².